The highest BCUT2D eigenvalue weighted by Gasteiger charge is 2.36. The minimum atomic E-state index is -4.19. The first-order valence-electron chi connectivity index (χ1n) is 3.73. The molecular weight excluding hydrogens is 165 g/mol. The molecule has 1 saturated carbocycles. The van der Waals surface area contributed by atoms with Gasteiger partial charge in [-0.1, -0.05) is 29.9 Å². The number of alkyl halides is 3. The monoisotopic (exact) mass is 172 g/mol. The maximum absolute atomic E-state index is 12.2. The van der Waals surface area contributed by atoms with E-state index in [9.17, 15) is 13.2 Å². The van der Waals surface area contributed by atoms with Crippen LogP contribution in [0.15, 0.2) is 35.5 Å². The van der Waals surface area contributed by atoms with Gasteiger partial charge >= 0.3 is 6.18 Å². The summed E-state index contributed by atoms with van der Waals surface area (Å²) < 4.78 is 36.5. The van der Waals surface area contributed by atoms with Gasteiger partial charge in [0.1, 0.15) is 0 Å². The molecule has 0 saturated heterocycles. The largest absolute Gasteiger partial charge is 0.416 e. The van der Waals surface area contributed by atoms with E-state index in [4.69, 9.17) is 0 Å². The van der Waals surface area contributed by atoms with Crippen LogP contribution in [0.3, 0.4) is 0 Å². The van der Waals surface area contributed by atoms with Gasteiger partial charge in [0.25, 0.3) is 0 Å². The highest BCUT2D eigenvalue weighted by Crippen LogP contribution is 2.43. The van der Waals surface area contributed by atoms with Gasteiger partial charge in [-0.25, -0.2) is 0 Å². The summed E-state index contributed by atoms with van der Waals surface area (Å²) in [7, 11) is 0. The van der Waals surface area contributed by atoms with Crippen LogP contribution in [0.1, 0.15) is 6.42 Å². The molecule has 3 heteroatoms. The van der Waals surface area contributed by atoms with Gasteiger partial charge in [-0.2, -0.15) is 13.2 Å². The number of allylic oxidation sites excluding steroid dienone is 6. The quantitative estimate of drug-likeness (QED) is 0.527. The molecular formula is C9H7F3. The zero-order chi connectivity index (χ0) is 8.77. The second-order valence-electron chi connectivity index (χ2n) is 3.03. The van der Waals surface area contributed by atoms with E-state index in [1.165, 1.54) is 12.2 Å². The van der Waals surface area contributed by atoms with E-state index in [1.807, 2.05) is 0 Å². The van der Waals surface area contributed by atoms with Crippen molar-refractivity contribution >= 4 is 0 Å². The van der Waals surface area contributed by atoms with E-state index in [2.05, 4.69) is 0 Å². The van der Waals surface area contributed by atoms with Gasteiger partial charge < -0.3 is 0 Å². The van der Waals surface area contributed by atoms with Crippen LogP contribution in [0.4, 0.5) is 13.2 Å². The van der Waals surface area contributed by atoms with Gasteiger partial charge in [0, 0.05) is 5.92 Å². The summed E-state index contributed by atoms with van der Waals surface area (Å²) in [6.45, 7) is 0. The topological polar surface area (TPSA) is 0 Å². The van der Waals surface area contributed by atoms with Gasteiger partial charge in [0.05, 0.1) is 5.57 Å². The van der Waals surface area contributed by atoms with Gasteiger partial charge in [-0.15, -0.1) is 0 Å². The Labute approximate surface area is 68.1 Å². The summed E-state index contributed by atoms with van der Waals surface area (Å²) in [5, 5.41) is 0. The third-order valence-electron chi connectivity index (χ3n) is 2.07. The molecule has 0 radical (unpaired) electrons. The van der Waals surface area contributed by atoms with Crippen molar-refractivity contribution in [2.24, 2.45) is 5.92 Å². The number of hydrogen-bond donors (Lipinski definition) is 0. The van der Waals surface area contributed by atoms with Gasteiger partial charge in [-0.3, -0.25) is 0 Å². The number of fused-ring (bicyclic) bond motifs is 1. The van der Waals surface area contributed by atoms with Crippen LogP contribution in [0, 0.1) is 5.92 Å². The molecule has 2 aliphatic rings. The third kappa shape index (κ3) is 1.31. The number of rotatable bonds is 0. The molecule has 1 fully saturated rings. The third-order valence-corrected chi connectivity index (χ3v) is 2.07. The smallest absolute Gasteiger partial charge is 0.166 e. The molecule has 0 bridgehead atoms. The Kier molecular flexibility index (Phi) is 1.43. The Balaban J connectivity index is 2.28. The van der Waals surface area contributed by atoms with Crippen LogP contribution in [-0.4, -0.2) is 6.18 Å². The van der Waals surface area contributed by atoms with Crippen molar-refractivity contribution in [2.75, 3.05) is 0 Å². The molecule has 1 unspecified atom stereocenters. The fraction of sp³-hybridized carbons (Fsp3) is 0.333. The minimum absolute atomic E-state index is 0.0524. The summed E-state index contributed by atoms with van der Waals surface area (Å²) in [5.74, 6) is 0.0524. The molecule has 0 heterocycles. The van der Waals surface area contributed by atoms with Gasteiger partial charge in [0.15, 0.2) is 0 Å². The lowest BCUT2D eigenvalue weighted by Crippen LogP contribution is -2.09. The lowest BCUT2D eigenvalue weighted by molar-refractivity contribution is -0.0884. The average Bonchev–Trinajstić information content (AvgIpc) is 2.56. The predicted molar refractivity (Wildman–Crippen MR) is 39.5 cm³/mol. The van der Waals surface area contributed by atoms with Crippen LogP contribution in [0.5, 0.6) is 0 Å². The molecule has 0 aromatic carbocycles. The van der Waals surface area contributed by atoms with Crippen molar-refractivity contribution in [1.82, 2.24) is 0 Å². The molecule has 0 N–H and O–H groups in total. The summed E-state index contributed by atoms with van der Waals surface area (Å²) in [6, 6.07) is 0. The lowest BCUT2D eigenvalue weighted by atomic mass is 10.2. The second-order valence-corrected chi connectivity index (χ2v) is 3.03. The van der Waals surface area contributed by atoms with Crippen molar-refractivity contribution in [3.8, 4) is 0 Å². The van der Waals surface area contributed by atoms with E-state index in [-0.39, 0.29) is 5.92 Å². The van der Waals surface area contributed by atoms with Crippen molar-refractivity contribution in [2.45, 2.75) is 12.6 Å². The van der Waals surface area contributed by atoms with Crippen LogP contribution >= 0.6 is 0 Å². The van der Waals surface area contributed by atoms with E-state index in [0.29, 0.717) is 0 Å². The first-order chi connectivity index (χ1) is 5.57. The number of hydrogen-bond acceptors (Lipinski definition) is 0. The normalized spacial score (nSPS) is 27.1. The molecule has 64 valence electrons. The first-order valence-corrected chi connectivity index (χ1v) is 3.73. The van der Waals surface area contributed by atoms with Crippen LogP contribution in [-0.2, 0) is 0 Å². The van der Waals surface area contributed by atoms with Gasteiger partial charge in [0.2, 0.25) is 0 Å². The average molecular weight is 172 g/mol. The Morgan fingerprint density at radius 2 is 2.08 bits per heavy atom. The fourth-order valence-corrected chi connectivity index (χ4v) is 1.29. The van der Waals surface area contributed by atoms with E-state index in [0.717, 1.165) is 18.1 Å². The SMILES string of the molecule is FC(F)(F)C1=CC2CC2=CC=C1. The molecule has 2 aliphatic carbocycles. The molecule has 1 atom stereocenters. The zero-order valence-corrected chi connectivity index (χ0v) is 6.23. The Bertz CT molecular complexity index is 291. The Hall–Kier alpha value is -0.990. The molecule has 0 spiro atoms. The fourth-order valence-electron chi connectivity index (χ4n) is 1.29. The Morgan fingerprint density at radius 3 is 2.75 bits per heavy atom. The summed E-state index contributed by atoms with van der Waals surface area (Å²) in [4.78, 5) is 0. The summed E-state index contributed by atoms with van der Waals surface area (Å²) in [6.07, 6.45) is 2.27. The van der Waals surface area contributed by atoms with Crippen molar-refractivity contribution in [3.05, 3.63) is 35.5 Å². The zero-order valence-electron chi connectivity index (χ0n) is 6.23. The standard InChI is InChI=1S/C9H7F3/c10-9(11,12)8-3-1-2-6-4-7(6)5-8/h1-3,5,7H,4H2. The maximum Gasteiger partial charge on any atom is 0.416 e. The number of halogens is 3. The first kappa shape index (κ1) is 7.65. The predicted octanol–water partition coefficient (Wildman–Crippen LogP) is 2.99. The van der Waals surface area contributed by atoms with Crippen LogP contribution in [0.2, 0.25) is 0 Å². The molecule has 12 heavy (non-hydrogen) atoms. The van der Waals surface area contributed by atoms with Crippen molar-refractivity contribution in [1.29, 1.82) is 0 Å². The summed E-state index contributed by atoms with van der Waals surface area (Å²) in [5.41, 5.74) is 0.585. The molecule has 0 aliphatic heterocycles. The van der Waals surface area contributed by atoms with Crippen LogP contribution in [0.25, 0.3) is 0 Å². The molecule has 0 amide bonds. The van der Waals surface area contributed by atoms with E-state index < -0.39 is 11.7 Å². The van der Waals surface area contributed by atoms with E-state index >= 15 is 0 Å². The van der Waals surface area contributed by atoms with Gasteiger partial charge in [-0.05, 0) is 6.42 Å². The van der Waals surface area contributed by atoms with Crippen molar-refractivity contribution < 1.29 is 13.2 Å². The maximum atomic E-state index is 12.2. The van der Waals surface area contributed by atoms with E-state index in [1.54, 1.807) is 6.08 Å². The molecule has 2 rings (SSSR count). The molecule has 0 aromatic heterocycles. The highest BCUT2D eigenvalue weighted by atomic mass is 19.4. The molecule has 0 nitrogen and oxygen atoms in total. The van der Waals surface area contributed by atoms with Crippen LogP contribution < -0.4 is 0 Å². The lowest BCUT2D eigenvalue weighted by Gasteiger charge is -2.05. The second kappa shape index (κ2) is 2.25. The molecule has 0 aromatic rings. The summed E-state index contributed by atoms with van der Waals surface area (Å²) >= 11 is 0. The minimum Gasteiger partial charge on any atom is -0.166 e. The Morgan fingerprint density at radius 1 is 1.33 bits per heavy atom. The van der Waals surface area contributed by atoms with Crippen molar-refractivity contribution in [3.63, 3.8) is 0 Å². The highest BCUT2D eigenvalue weighted by molar-refractivity contribution is 5.42.